The van der Waals surface area contributed by atoms with Crippen LogP contribution in [0.3, 0.4) is 0 Å². The molecule has 33 heavy (non-hydrogen) atoms. The van der Waals surface area contributed by atoms with Crippen LogP contribution in [0.5, 0.6) is 23.0 Å². The second-order valence-corrected chi connectivity index (χ2v) is 8.22. The molecule has 0 aliphatic heterocycles. The second-order valence-electron chi connectivity index (χ2n) is 8.22. The van der Waals surface area contributed by atoms with E-state index < -0.39 is 11.2 Å². The zero-order valence-corrected chi connectivity index (χ0v) is 19.2. The number of hydrogen-bond acceptors (Lipinski definition) is 7. The third-order valence-corrected chi connectivity index (χ3v) is 5.51. The van der Waals surface area contributed by atoms with E-state index in [0.29, 0.717) is 50.3 Å². The molecule has 0 spiro atoms. The summed E-state index contributed by atoms with van der Waals surface area (Å²) >= 11 is 0. The van der Waals surface area contributed by atoms with Gasteiger partial charge in [0.15, 0.2) is 11.5 Å². The highest BCUT2D eigenvalue weighted by atomic mass is 16.5. The first-order chi connectivity index (χ1) is 15.7. The van der Waals surface area contributed by atoms with Crippen molar-refractivity contribution < 1.29 is 28.5 Å². The van der Waals surface area contributed by atoms with Gasteiger partial charge in [0.05, 0.1) is 32.3 Å². The largest absolute Gasteiger partial charge is 0.497 e. The van der Waals surface area contributed by atoms with E-state index in [4.69, 9.17) is 23.4 Å². The minimum atomic E-state index is -1.08. The molecule has 1 aromatic heterocycles. The van der Waals surface area contributed by atoms with Crippen LogP contribution in [0.4, 0.5) is 0 Å². The van der Waals surface area contributed by atoms with E-state index in [1.165, 1.54) is 0 Å². The van der Waals surface area contributed by atoms with Gasteiger partial charge in [-0.25, -0.2) is 4.79 Å². The SMILES string of the molecule is COc1cc(COc2cc3oc(=O)c4cc(C(C)(C)O)ccc4c3cc2OC)cc(OC)c1. The predicted molar refractivity (Wildman–Crippen MR) is 126 cm³/mol. The van der Waals surface area contributed by atoms with E-state index in [2.05, 4.69) is 0 Å². The molecule has 0 amide bonds. The van der Waals surface area contributed by atoms with Crippen LogP contribution in [-0.4, -0.2) is 26.4 Å². The van der Waals surface area contributed by atoms with Crippen LogP contribution < -0.4 is 24.6 Å². The molecule has 0 atom stereocenters. The van der Waals surface area contributed by atoms with E-state index in [0.717, 1.165) is 5.56 Å². The number of ether oxygens (including phenoxy) is 4. The average Bonchev–Trinajstić information content (AvgIpc) is 2.81. The fraction of sp³-hybridized carbons (Fsp3) is 0.269. The van der Waals surface area contributed by atoms with E-state index >= 15 is 0 Å². The summed E-state index contributed by atoms with van der Waals surface area (Å²) in [5.74, 6) is 2.24. The molecule has 0 fully saturated rings. The molecule has 1 heterocycles. The summed E-state index contributed by atoms with van der Waals surface area (Å²) in [5, 5.41) is 12.1. The average molecular weight is 450 g/mol. The van der Waals surface area contributed by atoms with Crippen LogP contribution >= 0.6 is 0 Å². The Bertz CT molecular complexity index is 1360. The number of fused-ring (bicyclic) bond motifs is 3. The number of methoxy groups -OCH3 is 3. The summed E-state index contributed by atoms with van der Waals surface area (Å²) < 4.78 is 27.8. The number of aliphatic hydroxyl groups is 1. The van der Waals surface area contributed by atoms with Crippen LogP contribution in [-0.2, 0) is 12.2 Å². The van der Waals surface area contributed by atoms with Gasteiger partial charge in [0.25, 0.3) is 0 Å². The molecule has 1 N–H and O–H groups in total. The van der Waals surface area contributed by atoms with Crippen LogP contribution in [0.2, 0.25) is 0 Å². The van der Waals surface area contributed by atoms with E-state index in [1.54, 1.807) is 65.5 Å². The van der Waals surface area contributed by atoms with Crippen molar-refractivity contribution in [1.29, 1.82) is 0 Å². The Labute approximate surface area is 191 Å². The summed E-state index contributed by atoms with van der Waals surface area (Å²) in [6.07, 6.45) is 0. The lowest BCUT2D eigenvalue weighted by molar-refractivity contribution is 0.0787. The lowest BCUT2D eigenvalue weighted by Crippen LogP contribution is -2.16. The lowest BCUT2D eigenvalue weighted by Gasteiger charge is -2.18. The molecule has 0 saturated heterocycles. The molecule has 0 aliphatic carbocycles. The van der Waals surface area contributed by atoms with Crippen molar-refractivity contribution in [3.05, 3.63) is 70.1 Å². The topological polar surface area (TPSA) is 87.4 Å². The molecule has 0 unspecified atom stereocenters. The molecule has 3 aromatic carbocycles. The Morgan fingerprint density at radius 1 is 0.818 bits per heavy atom. The highest BCUT2D eigenvalue weighted by molar-refractivity contribution is 6.05. The molecule has 4 rings (SSSR count). The quantitative estimate of drug-likeness (QED) is 0.320. The Kier molecular flexibility index (Phi) is 5.91. The summed E-state index contributed by atoms with van der Waals surface area (Å²) in [5.41, 5.74) is 0.280. The fourth-order valence-corrected chi connectivity index (χ4v) is 3.70. The van der Waals surface area contributed by atoms with Gasteiger partial charge in [0.1, 0.15) is 23.7 Å². The molecular weight excluding hydrogens is 424 g/mol. The predicted octanol–water partition coefficient (Wildman–Crippen LogP) is 4.78. The van der Waals surface area contributed by atoms with Crippen molar-refractivity contribution in [2.24, 2.45) is 0 Å². The minimum Gasteiger partial charge on any atom is -0.497 e. The van der Waals surface area contributed by atoms with Crippen molar-refractivity contribution in [1.82, 2.24) is 0 Å². The third-order valence-electron chi connectivity index (χ3n) is 5.51. The first kappa shape index (κ1) is 22.5. The molecule has 0 saturated carbocycles. The van der Waals surface area contributed by atoms with Crippen LogP contribution in [0.1, 0.15) is 25.0 Å². The van der Waals surface area contributed by atoms with E-state index in [1.807, 2.05) is 18.2 Å². The smallest absolute Gasteiger partial charge is 0.344 e. The van der Waals surface area contributed by atoms with Gasteiger partial charge in [-0.3, -0.25) is 0 Å². The second kappa shape index (κ2) is 8.67. The zero-order valence-electron chi connectivity index (χ0n) is 19.2. The first-order valence-electron chi connectivity index (χ1n) is 10.4. The number of benzene rings is 3. The normalized spacial score (nSPS) is 11.6. The van der Waals surface area contributed by atoms with E-state index in [9.17, 15) is 9.90 Å². The van der Waals surface area contributed by atoms with Crippen LogP contribution in [0.25, 0.3) is 21.7 Å². The van der Waals surface area contributed by atoms with E-state index in [-0.39, 0.29) is 6.61 Å². The van der Waals surface area contributed by atoms with Gasteiger partial charge in [0, 0.05) is 22.9 Å². The van der Waals surface area contributed by atoms with Crippen molar-refractivity contribution >= 4 is 21.7 Å². The van der Waals surface area contributed by atoms with Gasteiger partial charge < -0.3 is 28.5 Å². The molecule has 0 radical (unpaired) electrons. The van der Waals surface area contributed by atoms with Crippen molar-refractivity contribution in [2.75, 3.05) is 21.3 Å². The highest BCUT2D eigenvalue weighted by Gasteiger charge is 2.19. The number of hydrogen-bond donors (Lipinski definition) is 1. The maximum absolute atomic E-state index is 12.7. The summed E-state index contributed by atoms with van der Waals surface area (Å²) in [7, 11) is 4.72. The molecule has 172 valence electrons. The Hall–Kier alpha value is -3.71. The third kappa shape index (κ3) is 4.45. The lowest BCUT2D eigenvalue weighted by atomic mass is 9.95. The van der Waals surface area contributed by atoms with Gasteiger partial charge in [-0.05, 0) is 49.2 Å². The maximum Gasteiger partial charge on any atom is 0.344 e. The minimum absolute atomic E-state index is 0.224. The molecular formula is C26H26O7. The summed E-state index contributed by atoms with van der Waals surface area (Å²) in [6.45, 7) is 3.56. The van der Waals surface area contributed by atoms with Gasteiger partial charge in [-0.2, -0.15) is 0 Å². The molecule has 7 heteroatoms. The van der Waals surface area contributed by atoms with Crippen LogP contribution in [0.15, 0.2) is 57.7 Å². The van der Waals surface area contributed by atoms with Gasteiger partial charge >= 0.3 is 5.63 Å². The molecule has 0 aliphatic rings. The zero-order chi connectivity index (χ0) is 23.8. The molecule has 7 nitrogen and oxygen atoms in total. The Balaban J connectivity index is 1.76. The summed E-state index contributed by atoms with van der Waals surface area (Å²) in [4.78, 5) is 12.7. The fourth-order valence-electron chi connectivity index (χ4n) is 3.70. The number of rotatable bonds is 7. The standard InChI is InChI=1S/C26H26O7/c1-26(2,28)16-6-7-19-20-12-23(31-5)24(13-22(20)33-25(27)21(19)10-16)32-14-15-8-17(29-3)11-18(9-15)30-4/h6-13,28H,14H2,1-5H3. The Morgan fingerprint density at radius 2 is 1.52 bits per heavy atom. The first-order valence-corrected chi connectivity index (χ1v) is 10.4. The van der Waals surface area contributed by atoms with Gasteiger partial charge in [-0.15, -0.1) is 0 Å². The monoisotopic (exact) mass is 450 g/mol. The summed E-state index contributed by atoms with van der Waals surface area (Å²) in [6, 6.07) is 14.2. The van der Waals surface area contributed by atoms with Gasteiger partial charge in [-0.1, -0.05) is 12.1 Å². The maximum atomic E-state index is 12.7. The van der Waals surface area contributed by atoms with Gasteiger partial charge in [0.2, 0.25) is 0 Å². The molecule has 0 bridgehead atoms. The van der Waals surface area contributed by atoms with Crippen molar-refractivity contribution in [3.8, 4) is 23.0 Å². The van der Waals surface area contributed by atoms with Crippen molar-refractivity contribution in [3.63, 3.8) is 0 Å². The highest BCUT2D eigenvalue weighted by Crippen LogP contribution is 2.36. The van der Waals surface area contributed by atoms with Crippen molar-refractivity contribution in [2.45, 2.75) is 26.1 Å². The molecule has 4 aromatic rings. The Morgan fingerprint density at radius 3 is 2.12 bits per heavy atom. The van der Waals surface area contributed by atoms with Crippen LogP contribution in [0, 0.1) is 0 Å².